The van der Waals surface area contributed by atoms with Crippen LogP contribution < -0.4 is 0 Å². The molecular formula is C29H32F3NO2. The quantitative estimate of drug-likeness (QED) is 0.352. The maximum Gasteiger partial charge on any atom is 0.416 e. The number of benzene rings is 1. The minimum absolute atomic E-state index is 0.116. The van der Waals surface area contributed by atoms with Crippen LogP contribution in [-0.4, -0.2) is 15.9 Å². The molecular weight excluding hydrogens is 451 g/mol. The Morgan fingerprint density at radius 2 is 1.77 bits per heavy atom. The van der Waals surface area contributed by atoms with Gasteiger partial charge in [0.15, 0.2) is 5.78 Å². The van der Waals surface area contributed by atoms with E-state index in [0.717, 1.165) is 49.2 Å². The van der Waals surface area contributed by atoms with Crippen LogP contribution in [0.15, 0.2) is 42.5 Å². The fourth-order valence-corrected chi connectivity index (χ4v) is 5.47. The monoisotopic (exact) mass is 483 g/mol. The summed E-state index contributed by atoms with van der Waals surface area (Å²) in [6.45, 7) is 6.10. The Labute approximate surface area is 204 Å². The number of carbonyl (C=O) groups is 1. The Morgan fingerprint density at radius 3 is 2.37 bits per heavy atom. The number of rotatable bonds is 5. The SMILES string of the molecule is CC=CC=Cc1c(C(=O)c2ccc(C(F)(F)F)cc2)c(C2CCCC2)nc2c1[C@@H](O)CC(C)(C)C2. The van der Waals surface area contributed by atoms with Gasteiger partial charge in [0.25, 0.3) is 0 Å². The number of carbonyl (C=O) groups excluding carboxylic acids is 1. The Kier molecular flexibility index (Phi) is 7.05. The third-order valence-electron chi connectivity index (χ3n) is 7.12. The predicted octanol–water partition coefficient (Wildman–Crippen LogP) is 7.58. The lowest BCUT2D eigenvalue weighted by atomic mass is 9.72. The maximum absolute atomic E-state index is 13.9. The lowest BCUT2D eigenvalue weighted by molar-refractivity contribution is -0.137. The first-order chi connectivity index (χ1) is 16.5. The number of allylic oxidation sites excluding steroid dienone is 3. The van der Waals surface area contributed by atoms with E-state index < -0.39 is 17.8 Å². The summed E-state index contributed by atoms with van der Waals surface area (Å²) in [4.78, 5) is 18.9. The highest BCUT2D eigenvalue weighted by Crippen LogP contribution is 2.46. The molecule has 1 aromatic carbocycles. The van der Waals surface area contributed by atoms with Crippen LogP contribution in [0.1, 0.15) is 109 Å². The van der Waals surface area contributed by atoms with Crippen molar-refractivity contribution >= 4 is 11.9 Å². The molecule has 6 heteroatoms. The number of aliphatic hydroxyl groups excluding tert-OH is 1. The molecule has 2 aromatic rings. The second-order valence-corrected chi connectivity index (χ2v) is 10.5. The maximum atomic E-state index is 13.9. The van der Waals surface area contributed by atoms with Gasteiger partial charge in [-0.25, -0.2) is 0 Å². The summed E-state index contributed by atoms with van der Waals surface area (Å²) in [6.07, 6.45) is 7.34. The number of aromatic nitrogens is 1. The molecule has 1 fully saturated rings. The predicted molar refractivity (Wildman–Crippen MR) is 131 cm³/mol. The topological polar surface area (TPSA) is 50.2 Å². The third-order valence-corrected chi connectivity index (χ3v) is 7.12. The average molecular weight is 484 g/mol. The summed E-state index contributed by atoms with van der Waals surface area (Å²) in [5.41, 5.74) is 2.52. The van der Waals surface area contributed by atoms with Gasteiger partial charge in [-0.2, -0.15) is 13.2 Å². The van der Waals surface area contributed by atoms with Gasteiger partial charge in [0.05, 0.1) is 22.9 Å². The summed E-state index contributed by atoms with van der Waals surface area (Å²) in [7, 11) is 0. The van der Waals surface area contributed by atoms with Crippen molar-refractivity contribution in [3.05, 3.63) is 81.7 Å². The lowest BCUT2D eigenvalue weighted by Crippen LogP contribution is -2.29. The van der Waals surface area contributed by atoms with Crippen LogP contribution in [0.4, 0.5) is 13.2 Å². The molecule has 0 radical (unpaired) electrons. The van der Waals surface area contributed by atoms with Gasteiger partial charge in [-0.15, -0.1) is 0 Å². The molecule has 1 heterocycles. The molecule has 35 heavy (non-hydrogen) atoms. The molecule has 2 aliphatic carbocycles. The van der Waals surface area contributed by atoms with Gasteiger partial charge in [0, 0.05) is 22.7 Å². The van der Waals surface area contributed by atoms with E-state index in [4.69, 9.17) is 4.98 Å². The van der Waals surface area contributed by atoms with Crippen LogP contribution in [-0.2, 0) is 12.6 Å². The van der Waals surface area contributed by atoms with Crippen LogP contribution in [0.3, 0.4) is 0 Å². The number of hydrogen-bond acceptors (Lipinski definition) is 3. The van der Waals surface area contributed by atoms with Gasteiger partial charge in [0.1, 0.15) is 0 Å². The summed E-state index contributed by atoms with van der Waals surface area (Å²) in [5, 5.41) is 11.2. The molecule has 0 spiro atoms. The van der Waals surface area contributed by atoms with E-state index in [9.17, 15) is 23.1 Å². The number of fused-ring (bicyclic) bond motifs is 1. The molecule has 0 aliphatic heterocycles. The highest BCUT2D eigenvalue weighted by atomic mass is 19.4. The van der Waals surface area contributed by atoms with Crippen LogP contribution in [0.25, 0.3) is 6.08 Å². The molecule has 0 amide bonds. The van der Waals surface area contributed by atoms with Gasteiger partial charge >= 0.3 is 6.18 Å². The van der Waals surface area contributed by atoms with E-state index in [1.807, 2.05) is 31.2 Å². The van der Waals surface area contributed by atoms with Crippen molar-refractivity contribution in [3.63, 3.8) is 0 Å². The second-order valence-electron chi connectivity index (χ2n) is 10.5. The zero-order valence-corrected chi connectivity index (χ0v) is 20.5. The summed E-state index contributed by atoms with van der Waals surface area (Å²) < 4.78 is 39.3. The van der Waals surface area contributed by atoms with Crippen molar-refractivity contribution in [1.29, 1.82) is 0 Å². The molecule has 2 aliphatic rings. The minimum Gasteiger partial charge on any atom is -0.388 e. The largest absolute Gasteiger partial charge is 0.416 e. The first-order valence-corrected chi connectivity index (χ1v) is 12.3. The minimum atomic E-state index is -4.47. The summed E-state index contributed by atoms with van der Waals surface area (Å²) >= 11 is 0. The van der Waals surface area contributed by atoms with Gasteiger partial charge in [0.2, 0.25) is 0 Å². The molecule has 0 bridgehead atoms. The highest BCUT2D eigenvalue weighted by Gasteiger charge is 2.38. The summed E-state index contributed by atoms with van der Waals surface area (Å²) in [5.74, 6) is -0.238. The van der Waals surface area contributed by atoms with E-state index in [1.165, 1.54) is 12.1 Å². The van der Waals surface area contributed by atoms with Crippen molar-refractivity contribution < 1.29 is 23.1 Å². The first-order valence-electron chi connectivity index (χ1n) is 12.3. The first kappa shape index (κ1) is 25.4. The van der Waals surface area contributed by atoms with Crippen molar-refractivity contribution in [2.75, 3.05) is 0 Å². The Hall–Kier alpha value is -2.73. The van der Waals surface area contributed by atoms with Crippen LogP contribution >= 0.6 is 0 Å². The lowest BCUT2D eigenvalue weighted by Gasteiger charge is -2.36. The Morgan fingerprint density at radius 1 is 1.11 bits per heavy atom. The van der Waals surface area contributed by atoms with E-state index in [2.05, 4.69) is 13.8 Å². The van der Waals surface area contributed by atoms with Crippen LogP contribution in [0.5, 0.6) is 0 Å². The average Bonchev–Trinajstić information content (AvgIpc) is 3.31. The Balaban J connectivity index is 1.94. The molecule has 4 rings (SSSR count). The normalized spacial score (nSPS) is 20.6. The fraction of sp³-hybridized carbons (Fsp3) is 0.448. The molecule has 1 N–H and O–H groups in total. The number of halogens is 3. The number of aliphatic hydroxyl groups is 1. The van der Waals surface area contributed by atoms with Crippen LogP contribution in [0, 0.1) is 5.41 Å². The van der Waals surface area contributed by atoms with Gasteiger partial charge in [-0.1, -0.05) is 63.1 Å². The zero-order valence-electron chi connectivity index (χ0n) is 20.5. The molecule has 1 atom stereocenters. The van der Waals surface area contributed by atoms with E-state index >= 15 is 0 Å². The van der Waals surface area contributed by atoms with Gasteiger partial charge in [-0.05, 0) is 55.7 Å². The number of alkyl halides is 3. The van der Waals surface area contributed by atoms with E-state index in [1.54, 1.807) is 0 Å². The van der Waals surface area contributed by atoms with Crippen molar-refractivity contribution in [2.45, 2.75) is 77.5 Å². The molecule has 186 valence electrons. The molecule has 3 nitrogen and oxygen atoms in total. The van der Waals surface area contributed by atoms with Crippen LogP contribution in [0.2, 0.25) is 0 Å². The molecule has 0 unspecified atom stereocenters. The summed E-state index contributed by atoms with van der Waals surface area (Å²) in [6, 6.07) is 4.37. The van der Waals surface area contributed by atoms with Crippen molar-refractivity contribution in [1.82, 2.24) is 4.98 Å². The van der Waals surface area contributed by atoms with Crippen molar-refractivity contribution in [3.8, 4) is 0 Å². The van der Waals surface area contributed by atoms with E-state index in [-0.39, 0.29) is 22.7 Å². The molecule has 1 aromatic heterocycles. The van der Waals surface area contributed by atoms with Gasteiger partial charge < -0.3 is 5.11 Å². The number of nitrogens with zero attached hydrogens (tertiary/aromatic N) is 1. The number of hydrogen-bond donors (Lipinski definition) is 1. The third kappa shape index (κ3) is 5.27. The Bertz CT molecular complexity index is 1150. The zero-order chi connectivity index (χ0) is 25.4. The number of ketones is 1. The standard InChI is InChI=1S/C29H32F3NO2/c1-4-5-6-11-21-24-22(16-28(2,3)17-23(24)34)33-26(18-9-7-8-10-18)25(21)27(35)19-12-14-20(15-13-19)29(30,31)32/h4-6,11-15,18,23,34H,7-10,16-17H2,1-3H3/t23-/m0/s1. The smallest absolute Gasteiger partial charge is 0.388 e. The highest BCUT2D eigenvalue weighted by molar-refractivity contribution is 6.12. The molecule has 0 saturated heterocycles. The van der Waals surface area contributed by atoms with Crippen molar-refractivity contribution in [2.24, 2.45) is 5.41 Å². The molecule has 1 saturated carbocycles. The fourth-order valence-electron chi connectivity index (χ4n) is 5.47. The number of pyridine rings is 1. The second kappa shape index (κ2) is 9.73. The van der Waals surface area contributed by atoms with E-state index in [0.29, 0.717) is 29.5 Å². The van der Waals surface area contributed by atoms with Gasteiger partial charge in [-0.3, -0.25) is 9.78 Å².